The minimum atomic E-state index is -0.283. The van der Waals surface area contributed by atoms with Crippen molar-refractivity contribution < 1.29 is 9.53 Å². The third-order valence-corrected chi connectivity index (χ3v) is 6.03. The summed E-state index contributed by atoms with van der Waals surface area (Å²) in [4.78, 5) is 11.7. The van der Waals surface area contributed by atoms with Gasteiger partial charge in [-0.05, 0) is 0 Å². The van der Waals surface area contributed by atoms with Crippen LogP contribution in [0.4, 0.5) is 0 Å². The van der Waals surface area contributed by atoms with Crippen LogP contribution >= 0.6 is 0 Å². The Hall–Kier alpha value is -0.791. The van der Waals surface area contributed by atoms with E-state index in [0.29, 0.717) is 12.5 Å². The van der Waals surface area contributed by atoms with Gasteiger partial charge in [0, 0.05) is 0 Å². The van der Waals surface area contributed by atoms with Crippen molar-refractivity contribution >= 4 is 25.4 Å². The molecule has 15 heavy (non-hydrogen) atoms. The Kier molecular flexibility index (Phi) is 2.85. The van der Waals surface area contributed by atoms with E-state index >= 15 is 0 Å². The number of hydrogen-bond donors (Lipinski definition) is 0. The number of carbonyl (C=O) groups excluding carboxylic acids is 1. The van der Waals surface area contributed by atoms with E-state index in [4.69, 9.17) is 4.74 Å². The molecule has 1 heterocycles. The summed E-state index contributed by atoms with van der Waals surface area (Å²) in [7, 11) is 0. The standard InChI is InChI=1S/C12H14O2Se/c1-9-8-14-11(13)12(9,2)15-10-6-4-3-5-7-10/h3-7,9H,8H2,1-2H3/t9-,12-/m0/s1. The molecule has 0 radical (unpaired) electrons. The van der Waals surface area contributed by atoms with Gasteiger partial charge in [0.1, 0.15) is 0 Å². The predicted octanol–water partition coefficient (Wildman–Crippen LogP) is 1.39. The van der Waals surface area contributed by atoms with Gasteiger partial charge in [0.2, 0.25) is 0 Å². The second kappa shape index (κ2) is 3.99. The fraction of sp³-hybridized carbons (Fsp3) is 0.417. The molecule has 1 aromatic carbocycles. The maximum absolute atomic E-state index is 11.7. The molecule has 0 spiro atoms. The molecule has 0 aromatic heterocycles. The molecule has 0 amide bonds. The summed E-state index contributed by atoms with van der Waals surface area (Å²) >= 11 is 0.154. The van der Waals surface area contributed by atoms with Gasteiger partial charge in [0.05, 0.1) is 0 Å². The van der Waals surface area contributed by atoms with Crippen LogP contribution in [-0.4, -0.2) is 27.5 Å². The zero-order chi connectivity index (χ0) is 10.9. The summed E-state index contributed by atoms with van der Waals surface area (Å²) < 4.78 is 6.11. The first-order chi connectivity index (χ1) is 7.13. The van der Waals surface area contributed by atoms with Crippen molar-refractivity contribution in [2.45, 2.75) is 18.2 Å². The van der Waals surface area contributed by atoms with Gasteiger partial charge in [-0.15, -0.1) is 0 Å². The number of ether oxygens (including phenoxy) is 1. The van der Waals surface area contributed by atoms with Crippen LogP contribution in [0.5, 0.6) is 0 Å². The fourth-order valence-corrected chi connectivity index (χ4v) is 4.09. The van der Waals surface area contributed by atoms with Crippen LogP contribution in [0.15, 0.2) is 30.3 Å². The molecule has 3 heteroatoms. The van der Waals surface area contributed by atoms with Gasteiger partial charge in [-0.2, -0.15) is 0 Å². The van der Waals surface area contributed by atoms with E-state index in [1.165, 1.54) is 4.46 Å². The number of rotatable bonds is 2. The Labute approximate surface area is 96.2 Å². The molecule has 1 aliphatic heterocycles. The summed E-state index contributed by atoms with van der Waals surface area (Å²) in [6, 6.07) is 10.2. The Balaban J connectivity index is 2.21. The van der Waals surface area contributed by atoms with Crippen molar-refractivity contribution in [1.82, 2.24) is 0 Å². The first-order valence-corrected chi connectivity index (χ1v) is 6.75. The molecule has 0 aliphatic carbocycles. The minimum absolute atomic E-state index is 0.0288. The van der Waals surface area contributed by atoms with E-state index < -0.39 is 0 Å². The maximum atomic E-state index is 11.7. The molecule has 2 nitrogen and oxygen atoms in total. The second-order valence-electron chi connectivity index (χ2n) is 4.02. The molecule has 0 N–H and O–H groups in total. The van der Waals surface area contributed by atoms with Crippen LogP contribution in [0.25, 0.3) is 0 Å². The summed E-state index contributed by atoms with van der Waals surface area (Å²) in [6.07, 6.45) is 0. The van der Waals surface area contributed by atoms with E-state index in [1.807, 2.05) is 25.1 Å². The molecule has 2 atom stereocenters. The summed E-state index contributed by atoms with van der Waals surface area (Å²) in [5, 5.41) is 0. The Bertz CT molecular complexity index is 363. The van der Waals surface area contributed by atoms with Crippen molar-refractivity contribution in [3.63, 3.8) is 0 Å². The van der Waals surface area contributed by atoms with Crippen molar-refractivity contribution in [1.29, 1.82) is 0 Å². The molecular weight excluding hydrogens is 255 g/mol. The Morgan fingerprint density at radius 1 is 1.40 bits per heavy atom. The fourth-order valence-electron chi connectivity index (χ4n) is 1.58. The average molecular weight is 269 g/mol. The van der Waals surface area contributed by atoms with Crippen LogP contribution < -0.4 is 4.46 Å². The van der Waals surface area contributed by atoms with Gasteiger partial charge in [0.25, 0.3) is 0 Å². The van der Waals surface area contributed by atoms with Crippen LogP contribution in [-0.2, 0) is 9.53 Å². The second-order valence-corrected chi connectivity index (χ2v) is 7.22. The third-order valence-electron chi connectivity index (χ3n) is 2.88. The van der Waals surface area contributed by atoms with Gasteiger partial charge in [0.15, 0.2) is 0 Å². The quantitative estimate of drug-likeness (QED) is 0.599. The van der Waals surface area contributed by atoms with Gasteiger partial charge >= 0.3 is 95.9 Å². The molecule has 1 saturated heterocycles. The summed E-state index contributed by atoms with van der Waals surface area (Å²) in [5.41, 5.74) is 0. The normalized spacial score (nSPS) is 30.3. The molecule has 1 fully saturated rings. The molecular formula is C12H14O2Se. The summed E-state index contributed by atoms with van der Waals surface area (Å²) in [6.45, 7) is 4.69. The van der Waals surface area contributed by atoms with E-state index in [9.17, 15) is 4.79 Å². The average Bonchev–Trinajstić information content (AvgIpc) is 2.48. The van der Waals surface area contributed by atoms with E-state index in [1.54, 1.807) is 0 Å². The van der Waals surface area contributed by atoms with Gasteiger partial charge in [-0.1, -0.05) is 0 Å². The van der Waals surface area contributed by atoms with Crippen molar-refractivity contribution in [3.8, 4) is 0 Å². The van der Waals surface area contributed by atoms with Crippen LogP contribution in [0, 0.1) is 5.92 Å². The van der Waals surface area contributed by atoms with Gasteiger partial charge in [-0.25, -0.2) is 0 Å². The van der Waals surface area contributed by atoms with Gasteiger partial charge < -0.3 is 0 Å². The van der Waals surface area contributed by atoms with Crippen molar-refractivity contribution in [2.75, 3.05) is 6.61 Å². The van der Waals surface area contributed by atoms with Crippen LogP contribution in [0.1, 0.15) is 13.8 Å². The Morgan fingerprint density at radius 2 is 2.07 bits per heavy atom. The number of benzene rings is 1. The predicted molar refractivity (Wildman–Crippen MR) is 60.3 cm³/mol. The molecule has 1 aliphatic rings. The van der Waals surface area contributed by atoms with Crippen LogP contribution in [0.2, 0.25) is 4.31 Å². The zero-order valence-corrected chi connectivity index (χ0v) is 10.6. The summed E-state index contributed by atoms with van der Waals surface area (Å²) in [5.74, 6) is 0.295. The molecule has 0 unspecified atom stereocenters. The van der Waals surface area contributed by atoms with E-state index in [0.717, 1.165) is 0 Å². The van der Waals surface area contributed by atoms with E-state index in [2.05, 4.69) is 19.1 Å². The SMILES string of the molecule is C[C@H]1COC(=O)[C@@]1(C)[Se]c1ccccc1. The molecule has 1 aromatic rings. The van der Waals surface area contributed by atoms with Crippen molar-refractivity contribution in [3.05, 3.63) is 30.3 Å². The monoisotopic (exact) mass is 270 g/mol. The number of carbonyl (C=O) groups is 1. The van der Waals surface area contributed by atoms with Crippen molar-refractivity contribution in [2.24, 2.45) is 5.92 Å². The topological polar surface area (TPSA) is 26.3 Å². The first-order valence-electron chi connectivity index (χ1n) is 5.04. The third kappa shape index (κ3) is 1.95. The molecule has 0 bridgehead atoms. The van der Waals surface area contributed by atoms with E-state index in [-0.39, 0.29) is 25.2 Å². The van der Waals surface area contributed by atoms with Gasteiger partial charge in [-0.3, -0.25) is 0 Å². The first kappa shape index (κ1) is 10.7. The Morgan fingerprint density at radius 3 is 2.60 bits per heavy atom. The molecule has 0 saturated carbocycles. The number of hydrogen-bond acceptors (Lipinski definition) is 2. The molecule has 80 valence electrons. The molecule has 2 rings (SSSR count). The number of cyclic esters (lactones) is 1. The zero-order valence-electron chi connectivity index (χ0n) is 8.90. The van der Waals surface area contributed by atoms with Crippen LogP contribution in [0.3, 0.4) is 0 Å². The number of esters is 1.